The van der Waals surface area contributed by atoms with Crippen molar-refractivity contribution in [1.29, 1.82) is 0 Å². The Balaban J connectivity index is 1.58. The van der Waals surface area contributed by atoms with Crippen molar-refractivity contribution in [2.45, 2.75) is 36.8 Å². The predicted octanol–water partition coefficient (Wildman–Crippen LogP) is 1.69. The summed E-state index contributed by atoms with van der Waals surface area (Å²) in [5, 5.41) is 3.09. The first kappa shape index (κ1) is 15.4. The SMILES string of the molecule is CO[C@H]1C[C@@H](C(=O)NCC2(c3ccc(F)cc3)CC2)N(C)C1. The molecule has 1 aromatic rings. The summed E-state index contributed by atoms with van der Waals surface area (Å²) >= 11 is 0. The van der Waals surface area contributed by atoms with E-state index in [2.05, 4.69) is 5.32 Å². The number of hydrogen-bond donors (Lipinski definition) is 1. The van der Waals surface area contributed by atoms with E-state index in [-0.39, 0.29) is 29.3 Å². The first-order chi connectivity index (χ1) is 10.5. The van der Waals surface area contributed by atoms with Crippen molar-refractivity contribution in [3.8, 4) is 0 Å². The number of amides is 1. The maximum absolute atomic E-state index is 13.0. The lowest BCUT2D eigenvalue weighted by molar-refractivity contribution is -0.125. The van der Waals surface area contributed by atoms with Gasteiger partial charge >= 0.3 is 0 Å². The van der Waals surface area contributed by atoms with E-state index in [9.17, 15) is 9.18 Å². The number of rotatable bonds is 5. The molecule has 1 amide bonds. The lowest BCUT2D eigenvalue weighted by Gasteiger charge is -2.21. The van der Waals surface area contributed by atoms with Crippen LogP contribution in [0.15, 0.2) is 24.3 Å². The van der Waals surface area contributed by atoms with Gasteiger partial charge in [0.05, 0.1) is 12.1 Å². The normalized spacial score (nSPS) is 26.9. The highest BCUT2D eigenvalue weighted by atomic mass is 19.1. The zero-order valence-electron chi connectivity index (χ0n) is 13.1. The number of methoxy groups -OCH3 is 1. The van der Waals surface area contributed by atoms with Crippen LogP contribution in [0.5, 0.6) is 0 Å². The van der Waals surface area contributed by atoms with E-state index in [1.165, 1.54) is 12.1 Å². The molecule has 0 unspecified atom stereocenters. The van der Waals surface area contributed by atoms with Crippen LogP contribution in [0.2, 0.25) is 0 Å². The van der Waals surface area contributed by atoms with Crippen LogP contribution >= 0.6 is 0 Å². The van der Waals surface area contributed by atoms with Crippen LogP contribution in [0.25, 0.3) is 0 Å². The molecule has 1 aliphatic carbocycles. The van der Waals surface area contributed by atoms with Crippen LogP contribution in [0, 0.1) is 5.82 Å². The molecular formula is C17H23FN2O2. The minimum absolute atomic E-state index is 0.00118. The molecule has 120 valence electrons. The van der Waals surface area contributed by atoms with E-state index in [1.807, 2.05) is 24.1 Å². The van der Waals surface area contributed by atoms with Crippen LogP contribution < -0.4 is 5.32 Å². The molecule has 4 nitrogen and oxygen atoms in total. The summed E-state index contributed by atoms with van der Waals surface area (Å²) in [4.78, 5) is 14.5. The number of nitrogens with zero attached hydrogens (tertiary/aromatic N) is 1. The van der Waals surface area contributed by atoms with E-state index < -0.39 is 0 Å². The van der Waals surface area contributed by atoms with Crippen LogP contribution in [-0.4, -0.2) is 50.2 Å². The Kier molecular flexibility index (Phi) is 4.19. The van der Waals surface area contributed by atoms with Crippen LogP contribution in [0.3, 0.4) is 0 Å². The molecule has 2 fully saturated rings. The molecule has 3 rings (SSSR count). The first-order valence-electron chi connectivity index (χ1n) is 7.81. The fourth-order valence-electron chi connectivity index (χ4n) is 3.33. The third-order valence-corrected chi connectivity index (χ3v) is 5.06. The predicted molar refractivity (Wildman–Crippen MR) is 82.2 cm³/mol. The zero-order chi connectivity index (χ0) is 15.7. The number of carbonyl (C=O) groups excluding carboxylic acids is 1. The Bertz CT molecular complexity index is 542. The average molecular weight is 306 g/mol. The molecule has 0 spiro atoms. The van der Waals surface area contributed by atoms with Gasteiger partial charge < -0.3 is 10.1 Å². The first-order valence-corrected chi connectivity index (χ1v) is 7.81. The van der Waals surface area contributed by atoms with E-state index in [0.29, 0.717) is 6.54 Å². The Morgan fingerprint density at radius 1 is 1.41 bits per heavy atom. The van der Waals surface area contributed by atoms with Gasteiger partial charge in [0.1, 0.15) is 5.82 Å². The molecule has 1 saturated heterocycles. The monoisotopic (exact) mass is 306 g/mol. The number of ether oxygens (including phenoxy) is 1. The fraction of sp³-hybridized carbons (Fsp3) is 0.588. The van der Waals surface area contributed by atoms with Gasteiger partial charge in [-0.1, -0.05) is 12.1 Å². The number of likely N-dealkylation sites (N-methyl/N-ethyl adjacent to an activating group) is 1. The van der Waals surface area contributed by atoms with Crippen LogP contribution in [0.4, 0.5) is 4.39 Å². The van der Waals surface area contributed by atoms with Gasteiger partial charge in [0, 0.05) is 25.6 Å². The lowest BCUT2D eigenvalue weighted by Crippen LogP contribution is -2.44. The Morgan fingerprint density at radius 2 is 2.09 bits per heavy atom. The number of halogens is 1. The van der Waals surface area contributed by atoms with Crippen molar-refractivity contribution in [3.63, 3.8) is 0 Å². The minimum Gasteiger partial charge on any atom is -0.380 e. The smallest absolute Gasteiger partial charge is 0.237 e. The quantitative estimate of drug-likeness (QED) is 0.900. The molecule has 1 heterocycles. The second-order valence-corrected chi connectivity index (χ2v) is 6.55. The summed E-state index contributed by atoms with van der Waals surface area (Å²) in [5.74, 6) is -0.155. The molecule has 2 aliphatic rings. The van der Waals surface area contributed by atoms with Gasteiger partial charge in [-0.15, -0.1) is 0 Å². The second-order valence-electron chi connectivity index (χ2n) is 6.55. The molecule has 22 heavy (non-hydrogen) atoms. The standard InChI is InChI=1S/C17H23FN2O2/c1-20-10-14(22-2)9-15(20)16(21)19-11-17(7-8-17)12-3-5-13(18)6-4-12/h3-6,14-15H,7-11H2,1-2H3,(H,19,21)/t14-,15-/m0/s1. The average Bonchev–Trinajstić information content (AvgIpc) is 3.21. The van der Waals surface area contributed by atoms with Gasteiger partial charge in [0.25, 0.3) is 0 Å². The van der Waals surface area contributed by atoms with Crippen LogP contribution in [-0.2, 0) is 14.9 Å². The van der Waals surface area contributed by atoms with E-state index >= 15 is 0 Å². The fourth-order valence-corrected chi connectivity index (χ4v) is 3.33. The molecule has 5 heteroatoms. The number of nitrogens with one attached hydrogen (secondary N) is 1. The molecule has 1 N–H and O–H groups in total. The van der Waals surface area contributed by atoms with E-state index in [1.54, 1.807) is 7.11 Å². The summed E-state index contributed by atoms with van der Waals surface area (Å²) in [7, 11) is 3.64. The second kappa shape index (κ2) is 5.97. The highest BCUT2D eigenvalue weighted by molar-refractivity contribution is 5.82. The van der Waals surface area contributed by atoms with E-state index in [4.69, 9.17) is 4.74 Å². The van der Waals surface area contributed by atoms with Crippen molar-refractivity contribution in [2.24, 2.45) is 0 Å². The topological polar surface area (TPSA) is 41.6 Å². The number of hydrogen-bond acceptors (Lipinski definition) is 3. The number of carbonyl (C=O) groups is 1. The Morgan fingerprint density at radius 3 is 2.64 bits per heavy atom. The third kappa shape index (κ3) is 3.01. The number of likely N-dealkylation sites (tertiary alicyclic amines) is 1. The Labute approximate surface area is 130 Å². The van der Waals surface area contributed by atoms with Gasteiger partial charge in [0.2, 0.25) is 5.91 Å². The molecule has 0 radical (unpaired) electrons. The summed E-state index contributed by atoms with van der Waals surface area (Å²) < 4.78 is 18.4. The summed E-state index contributed by atoms with van der Waals surface area (Å²) in [5.41, 5.74) is 1.12. The Hall–Kier alpha value is -1.46. The van der Waals surface area contributed by atoms with Crippen molar-refractivity contribution < 1.29 is 13.9 Å². The lowest BCUT2D eigenvalue weighted by atomic mass is 9.96. The van der Waals surface area contributed by atoms with Crippen LogP contribution in [0.1, 0.15) is 24.8 Å². The summed E-state index contributed by atoms with van der Waals surface area (Å²) in [6.45, 7) is 1.41. The van der Waals surface area contributed by atoms with E-state index in [0.717, 1.165) is 31.4 Å². The van der Waals surface area contributed by atoms with Gasteiger partial charge in [-0.2, -0.15) is 0 Å². The molecule has 2 atom stereocenters. The summed E-state index contributed by atoms with van der Waals surface area (Å²) in [6.07, 6.45) is 2.95. The molecule has 1 aliphatic heterocycles. The minimum atomic E-state index is -0.221. The largest absolute Gasteiger partial charge is 0.380 e. The van der Waals surface area contributed by atoms with Crippen molar-refractivity contribution >= 4 is 5.91 Å². The maximum Gasteiger partial charge on any atom is 0.237 e. The maximum atomic E-state index is 13.0. The molecule has 0 aromatic heterocycles. The van der Waals surface area contributed by atoms with Gasteiger partial charge in [-0.3, -0.25) is 9.69 Å². The molecular weight excluding hydrogens is 283 g/mol. The molecule has 0 bridgehead atoms. The van der Waals surface area contributed by atoms with Gasteiger partial charge in [0.15, 0.2) is 0 Å². The highest BCUT2D eigenvalue weighted by Crippen LogP contribution is 2.47. The zero-order valence-corrected chi connectivity index (χ0v) is 13.1. The summed E-state index contributed by atoms with van der Waals surface area (Å²) in [6, 6.07) is 6.53. The van der Waals surface area contributed by atoms with Gasteiger partial charge in [-0.25, -0.2) is 4.39 Å². The van der Waals surface area contributed by atoms with Crippen molar-refractivity contribution in [3.05, 3.63) is 35.6 Å². The number of benzene rings is 1. The van der Waals surface area contributed by atoms with Crippen molar-refractivity contribution in [1.82, 2.24) is 10.2 Å². The molecule has 1 aromatic carbocycles. The molecule has 1 saturated carbocycles. The van der Waals surface area contributed by atoms with Crippen molar-refractivity contribution in [2.75, 3.05) is 27.2 Å². The van der Waals surface area contributed by atoms with Gasteiger partial charge in [-0.05, 0) is 44.0 Å². The highest BCUT2D eigenvalue weighted by Gasteiger charge is 2.45. The third-order valence-electron chi connectivity index (χ3n) is 5.06.